The molecule has 0 unspecified atom stereocenters. The van der Waals surface area contributed by atoms with E-state index in [4.69, 9.17) is 10.2 Å². The van der Waals surface area contributed by atoms with Crippen LogP contribution in [0.25, 0.3) is 0 Å². The summed E-state index contributed by atoms with van der Waals surface area (Å²) in [6.07, 6.45) is -2.25. The van der Waals surface area contributed by atoms with Gasteiger partial charge in [0, 0.05) is 0 Å². The fourth-order valence-electron chi connectivity index (χ4n) is 0.0373. The van der Waals surface area contributed by atoms with Crippen LogP contribution in [0.15, 0.2) is 0 Å². The van der Waals surface area contributed by atoms with Crippen molar-refractivity contribution in [2.45, 2.75) is 6.16 Å². The molecule has 1 aliphatic rings. The van der Waals surface area contributed by atoms with E-state index >= 15 is 0 Å². The normalized spacial score (nSPS) is 21.4. The summed E-state index contributed by atoms with van der Waals surface area (Å²) in [5, 5.41) is 15.5. The molecular formula is CH5NaO5. The quantitative estimate of drug-likeness (QED) is 0.155. The van der Waals surface area contributed by atoms with Crippen LogP contribution in [0.5, 0.6) is 0 Å². The van der Waals surface area contributed by atoms with E-state index in [1.54, 1.807) is 0 Å². The summed E-state index contributed by atoms with van der Waals surface area (Å²) in [5.41, 5.74) is 0. The van der Waals surface area contributed by atoms with E-state index in [1.807, 2.05) is 0 Å². The number of hydrogen-bond donors (Lipinski definition) is 2. The number of hydrogen-bond acceptors (Lipinski definition) is 4. The third-order valence-corrected chi connectivity index (χ3v) is 0.232. The number of rotatable bonds is 0. The molecule has 0 saturated carbocycles. The third kappa shape index (κ3) is 4.66. The fourth-order valence-corrected chi connectivity index (χ4v) is 0.0373. The molecule has 6 heteroatoms. The number of aliphatic hydroxyl groups is 2. The Labute approximate surface area is 61.4 Å². The molecule has 7 heavy (non-hydrogen) atoms. The van der Waals surface area contributed by atoms with Crippen molar-refractivity contribution >= 4 is 29.6 Å². The van der Waals surface area contributed by atoms with E-state index in [1.165, 1.54) is 0 Å². The van der Waals surface area contributed by atoms with Gasteiger partial charge in [0.25, 0.3) is 0 Å². The summed E-state index contributed by atoms with van der Waals surface area (Å²) >= 11 is 0. The van der Waals surface area contributed by atoms with Gasteiger partial charge in [0.2, 0.25) is 0 Å². The first-order valence-corrected chi connectivity index (χ1v) is 1.02. The van der Waals surface area contributed by atoms with Gasteiger partial charge in [-0.15, -0.1) is 9.78 Å². The van der Waals surface area contributed by atoms with Crippen molar-refractivity contribution in [1.29, 1.82) is 0 Å². The maximum absolute atomic E-state index is 7.74. The molecule has 0 aromatic heterocycles. The second-order valence-electron chi connectivity index (χ2n) is 0.715. The molecule has 1 saturated heterocycles. The molecule has 0 bridgehead atoms. The average Bonchev–Trinajstić information content (AvgIpc) is 1.76. The molecule has 1 aliphatic heterocycles. The first kappa shape index (κ1) is 10.7. The molecule has 0 radical (unpaired) electrons. The third-order valence-electron chi connectivity index (χ3n) is 0.232. The van der Waals surface area contributed by atoms with Crippen LogP contribution in [0.2, 0.25) is 0 Å². The van der Waals surface area contributed by atoms with Crippen molar-refractivity contribution in [1.82, 2.24) is 0 Å². The summed E-state index contributed by atoms with van der Waals surface area (Å²) in [6.45, 7) is 0. The molecule has 1 heterocycles. The van der Waals surface area contributed by atoms with Crippen LogP contribution in [0.1, 0.15) is 0 Å². The first-order chi connectivity index (χ1) is 2.21. The predicted octanol–water partition coefficient (Wildman–Crippen LogP) is -2.93. The molecule has 5 nitrogen and oxygen atoms in total. The molecule has 0 atom stereocenters. The molecule has 40 valence electrons. The Bertz CT molecular complexity index is 46.0. The summed E-state index contributed by atoms with van der Waals surface area (Å²) in [5.74, 6) is 0. The molecule has 4 N–H and O–H groups in total. The predicted molar refractivity (Wildman–Crippen MR) is 20.1 cm³/mol. The first-order valence-electron chi connectivity index (χ1n) is 1.02. The Kier molecular flexibility index (Phi) is 4.52. The Morgan fingerprint density at radius 1 is 1.14 bits per heavy atom. The van der Waals surface area contributed by atoms with Gasteiger partial charge in [0.15, 0.2) is 0 Å². The van der Waals surface area contributed by atoms with Gasteiger partial charge in [-0.2, -0.15) is 0 Å². The average molecular weight is 120 g/mol. The van der Waals surface area contributed by atoms with Gasteiger partial charge in [-0.05, 0) is 0 Å². The molecule has 0 spiro atoms. The van der Waals surface area contributed by atoms with E-state index in [0.29, 0.717) is 0 Å². The molecular weight excluding hydrogens is 115 g/mol. The second kappa shape index (κ2) is 2.95. The van der Waals surface area contributed by atoms with E-state index in [-0.39, 0.29) is 35.0 Å². The molecule has 0 aromatic carbocycles. The zero-order chi connectivity index (χ0) is 3.91. The van der Waals surface area contributed by atoms with Crippen molar-refractivity contribution in [3.05, 3.63) is 0 Å². The van der Waals surface area contributed by atoms with Crippen molar-refractivity contribution in [3.8, 4) is 0 Å². The topological polar surface area (TPSA) is 97.0 Å². The maximum atomic E-state index is 7.74. The van der Waals surface area contributed by atoms with E-state index in [2.05, 4.69) is 9.78 Å². The fraction of sp³-hybridized carbons (Fsp3) is 1.00. The standard InChI is InChI=1S/CH2O4.Na.H2O.H/c2-1(3)4-5-1;;;/h2-3H;;1H2;. The SMILES string of the molecule is O.OC1(O)OO1.[NaH]. The van der Waals surface area contributed by atoms with E-state index in [9.17, 15) is 0 Å². The molecule has 0 amide bonds. The van der Waals surface area contributed by atoms with Crippen LogP contribution in [-0.4, -0.2) is 51.4 Å². The zero-order valence-corrected chi connectivity index (χ0v) is 2.71. The van der Waals surface area contributed by atoms with Crippen LogP contribution in [0, 0.1) is 0 Å². The Morgan fingerprint density at radius 2 is 1.29 bits per heavy atom. The van der Waals surface area contributed by atoms with Gasteiger partial charge >= 0.3 is 35.7 Å². The minimum atomic E-state index is -2.25. The molecule has 1 rings (SSSR count). The summed E-state index contributed by atoms with van der Waals surface area (Å²) in [6, 6.07) is 0. The second-order valence-corrected chi connectivity index (χ2v) is 0.715. The Morgan fingerprint density at radius 3 is 1.29 bits per heavy atom. The van der Waals surface area contributed by atoms with Crippen LogP contribution in [-0.2, 0) is 9.78 Å². The molecule has 0 aromatic rings. The Hall–Kier alpha value is 0.800. The summed E-state index contributed by atoms with van der Waals surface area (Å²) in [7, 11) is 0. The van der Waals surface area contributed by atoms with Crippen molar-refractivity contribution in [2.24, 2.45) is 0 Å². The van der Waals surface area contributed by atoms with Crippen molar-refractivity contribution in [2.75, 3.05) is 0 Å². The van der Waals surface area contributed by atoms with E-state index < -0.39 is 6.16 Å². The van der Waals surface area contributed by atoms with Crippen LogP contribution >= 0.6 is 0 Å². The summed E-state index contributed by atoms with van der Waals surface area (Å²) in [4.78, 5) is 7.01. The summed E-state index contributed by atoms with van der Waals surface area (Å²) < 4.78 is 0. The van der Waals surface area contributed by atoms with Gasteiger partial charge in [-0.3, -0.25) is 0 Å². The van der Waals surface area contributed by atoms with Crippen LogP contribution in [0.4, 0.5) is 0 Å². The van der Waals surface area contributed by atoms with Gasteiger partial charge in [0.05, 0.1) is 0 Å². The van der Waals surface area contributed by atoms with E-state index in [0.717, 1.165) is 0 Å². The van der Waals surface area contributed by atoms with Crippen molar-refractivity contribution in [3.63, 3.8) is 0 Å². The molecule has 0 aliphatic carbocycles. The Balaban J connectivity index is 0. The zero-order valence-electron chi connectivity index (χ0n) is 2.71. The van der Waals surface area contributed by atoms with Gasteiger partial charge in [-0.1, -0.05) is 0 Å². The molecule has 1 fully saturated rings. The van der Waals surface area contributed by atoms with Crippen LogP contribution in [0.3, 0.4) is 0 Å². The van der Waals surface area contributed by atoms with Gasteiger partial charge < -0.3 is 15.7 Å². The van der Waals surface area contributed by atoms with Gasteiger partial charge in [0.1, 0.15) is 0 Å². The monoisotopic (exact) mass is 120 g/mol. The minimum absolute atomic E-state index is 0. The van der Waals surface area contributed by atoms with Crippen LogP contribution < -0.4 is 0 Å². The van der Waals surface area contributed by atoms with Gasteiger partial charge in [-0.25, -0.2) is 0 Å². The van der Waals surface area contributed by atoms with Crippen molar-refractivity contribution < 1.29 is 25.5 Å².